The van der Waals surface area contributed by atoms with E-state index in [1.54, 1.807) is 11.3 Å². The van der Waals surface area contributed by atoms with Crippen LogP contribution >= 0.6 is 34.4 Å². The summed E-state index contributed by atoms with van der Waals surface area (Å²) in [6.07, 6.45) is 4.71. The van der Waals surface area contributed by atoms with Crippen LogP contribution in [-0.2, 0) is 28.8 Å². The van der Waals surface area contributed by atoms with Crippen molar-refractivity contribution in [3.63, 3.8) is 0 Å². The van der Waals surface area contributed by atoms with E-state index in [9.17, 15) is 9.59 Å². The largest absolute Gasteiger partial charge is 0.459 e. The number of ether oxygens (including phenoxy) is 1. The van der Waals surface area contributed by atoms with Gasteiger partial charge in [0.05, 0.1) is 17.4 Å². The van der Waals surface area contributed by atoms with E-state index in [2.05, 4.69) is 52.3 Å². The van der Waals surface area contributed by atoms with Crippen molar-refractivity contribution in [1.82, 2.24) is 14.8 Å². The fourth-order valence-corrected chi connectivity index (χ4v) is 7.13. The van der Waals surface area contributed by atoms with Gasteiger partial charge in [-0.3, -0.25) is 9.36 Å². The Balaban J connectivity index is 1.50. The fraction of sp³-hybridized carbons (Fsp3) is 0.520. The van der Waals surface area contributed by atoms with Crippen LogP contribution in [0.15, 0.2) is 16.6 Å². The number of carbonyl (C=O) groups is 2. The molecule has 0 aromatic carbocycles. The van der Waals surface area contributed by atoms with Crippen LogP contribution in [0.3, 0.4) is 0 Å². The third kappa shape index (κ3) is 5.81. The lowest BCUT2D eigenvalue weighted by atomic mass is 9.95. The van der Waals surface area contributed by atoms with Gasteiger partial charge in [0.25, 0.3) is 0 Å². The average molecular weight is 533 g/mol. The quantitative estimate of drug-likeness (QED) is 0.254. The predicted octanol–water partition coefficient (Wildman–Crippen LogP) is 6.39. The number of nitrogens with zero attached hydrogens (tertiary/aromatic N) is 3. The fourth-order valence-electron chi connectivity index (χ4n) is 4.16. The number of esters is 1. The van der Waals surface area contributed by atoms with E-state index in [1.165, 1.54) is 32.9 Å². The second kappa shape index (κ2) is 11.3. The van der Waals surface area contributed by atoms with Gasteiger partial charge in [0.2, 0.25) is 5.91 Å². The number of amides is 1. The van der Waals surface area contributed by atoms with Crippen LogP contribution in [0.1, 0.15) is 79.2 Å². The summed E-state index contributed by atoms with van der Waals surface area (Å²) < 4.78 is 7.58. The first-order chi connectivity index (χ1) is 16.8. The van der Waals surface area contributed by atoms with Gasteiger partial charge in [0, 0.05) is 26.7 Å². The lowest BCUT2D eigenvalue weighted by Gasteiger charge is -2.14. The summed E-state index contributed by atoms with van der Waals surface area (Å²) in [6, 6.07) is 2.31. The summed E-state index contributed by atoms with van der Waals surface area (Å²) in [6.45, 7) is 9.99. The summed E-state index contributed by atoms with van der Waals surface area (Å²) in [5, 5.41) is 15.2. The zero-order chi connectivity index (χ0) is 25.1. The van der Waals surface area contributed by atoms with Crippen LogP contribution in [0.4, 0.5) is 5.00 Å². The molecule has 0 atom stereocenters. The summed E-state index contributed by atoms with van der Waals surface area (Å²) in [5.74, 6) is 0.476. The predicted molar refractivity (Wildman–Crippen MR) is 144 cm³/mol. The highest BCUT2D eigenvalue weighted by Crippen LogP contribution is 2.39. The van der Waals surface area contributed by atoms with Gasteiger partial charge in [-0.15, -0.1) is 32.9 Å². The Bertz CT molecular complexity index is 1210. The first-order valence-electron chi connectivity index (χ1n) is 12.1. The molecular weight excluding hydrogens is 501 g/mol. The van der Waals surface area contributed by atoms with Gasteiger partial charge in [0.1, 0.15) is 5.00 Å². The van der Waals surface area contributed by atoms with Gasteiger partial charge in [-0.2, -0.15) is 0 Å². The average Bonchev–Trinajstić information content (AvgIpc) is 3.52. The SMILES string of the molecule is CCc1cc(-c2nnc(SCC(=O)Nc3sc4c(c3C(=O)OC(C)C)CCCC4)n2C(C)C)cs1. The molecule has 0 radical (unpaired) electrons. The normalized spacial score (nSPS) is 13.3. The summed E-state index contributed by atoms with van der Waals surface area (Å²) in [7, 11) is 0. The third-order valence-corrected chi connectivity index (χ3v) is 8.98. The summed E-state index contributed by atoms with van der Waals surface area (Å²) in [4.78, 5) is 28.3. The topological polar surface area (TPSA) is 86.1 Å². The molecule has 0 saturated heterocycles. The molecule has 10 heteroatoms. The molecule has 4 rings (SSSR count). The molecule has 1 aliphatic rings. The van der Waals surface area contributed by atoms with Crippen LogP contribution in [0.25, 0.3) is 11.4 Å². The Morgan fingerprint density at radius 2 is 1.97 bits per heavy atom. The molecule has 0 bridgehead atoms. The molecule has 3 heterocycles. The van der Waals surface area contributed by atoms with Crippen molar-refractivity contribution in [2.45, 2.75) is 84.0 Å². The molecule has 35 heavy (non-hydrogen) atoms. The number of thioether (sulfide) groups is 1. The van der Waals surface area contributed by atoms with E-state index in [1.807, 2.05) is 13.8 Å². The molecule has 1 aliphatic carbocycles. The first kappa shape index (κ1) is 25.9. The highest BCUT2D eigenvalue weighted by molar-refractivity contribution is 7.99. The molecule has 3 aromatic heterocycles. The van der Waals surface area contributed by atoms with Gasteiger partial charge < -0.3 is 10.1 Å². The lowest BCUT2D eigenvalue weighted by Crippen LogP contribution is -2.19. The summed E-state index contributed by atoms with van der Waals surface area (Å²) >= 11 is 4.59. The number of thiophene rings is 2. The minimum Gasteiger partial charge on any atom is -0.459 e. The smallest absolute Gasteiger partial charge is 0.341 e. The maximum atomic E-state index is 13.0. The Kier molecular flexibility index (Phi) is 8.34. The molecule has 0 aliphatic heterocycles. The number of carbonyl (C=O) groups excluding carboxylic acids is 2. The van der Waals surface area contributed by atoms with E-state index in [-0.39, 0.29) is 29.8 Å². The second-order valence-corrected chi connectivity index (χ2v) is 12.2. The highest BCUT2D eigenvalue weighted by Gasteiger charge is 2.28. The maximum absolute atomic E-state index is 13.0. The van der Waals surface area contributed by atoms with Crippen molar-refractivity contribution >= 4 is 51.3 Å². The van der Waals surface area contributed by atoms with Crippen LogP contribution in [0.5, 0.6) is 0 Å². The van der Waals surface area contributed by atoms with Crippen molar-refractivity contribution < 1.29 is 14.3 Å². The van der Waals surface area contributed by atoms with Gasteiger partial charge in [0.15, 0.2) is 11.0 Å². The molecule has 0 fully saturated rings. The third-order valence-electron chi connectivity index (χ3n) is 5.74. The van der Waals surface area contributed by atoms with Crippen molar-refractivity contribution in [2.75, 3.05) is 11.1 Å². The van der Waals surface area contributed by atoms with E-state index in [0.717, 1.165) is 49.1 Å². The van der Waals surface area contributed by atoms with Gasteiger partial charge in [-0.1, -0.05) is 18.7 Å². The van der Waals surface area contributed by atoms with Gasteiger partial charge in [-0.25, -0.2) is 4.79 Å². The van der Waals surface area contributed by atoms with Crippen molar-refractivity contribution in [3.8, 4) is 11.4 Å². The van der Waals surface area contributed by atoms with Crippen LogP contribution in [0, 0.1) is 0 Å². The number of anilines is 1. The zero-order valence-corrected chi connectivity index (χ0v) is 23.3. The van der Waals surface area contributed by atoms with Crippen molar-refractivity contribution in [3.05, 3.63) is 32.3 Å². The van der Waals surface area contributed by atoms with Crippen molar-refractivity contribution in [1.29, 1.82) is 0 Å². The molecule has 0 spiro atoms. The molecule has 0 saturated carbocycles. The molecule has 188 valence electrons. The standard InChI is InChI=1S/C25H32N4O3S3/c1-6-17-11-16(12-33-17)22-27-28-25(29(22)14(2)3)34-13-20(30)26-23-21(24(31)32-15(4)5)18-9-7-8-10-19(18)35-23/h11-12,14-15H,6-10,13H2,1-5H3,(H,26,30). The van der Waals surface area contributed by atoms with E-state index >= 15 is 0 Å². The lowest BCUT2D eigenvalue weighted by molar-refractivity contribution is -0.113. The number of nitrogens with one attached hydrogen (secondary N) is 1. The van der Waals surface area contributed by atoms with E-state index < -0.39 is 0 Å². The van der Waals surface area contributed by atoms with Gasteiger partial charge >= 0.3 is 5.97 Å². The van der Waals surface area contributed by atoms with Crippen LogP contribution in [0.2, 0.25) is 0 Å². The Hall–Kier alpha value is -2.17. The number of hydrogen-bond acceptors (Lipinski definition) is 8. The molecular formula is C25H32N4O3S3. The molecule has 0 unspecified atom stereocenters. The minimum absolute atomic E-state index is 0.150. The zero-order valence-electron chi connectivity index (χ0n) is 20.8. The number of aryl methyl sites for hydroxylation is 2. The number of aromatic nitrogens is 3. The van der Waals surface area contributed by atoms with Crippen molar-refractivity contribution in [2.24, 2.45) is 0 Å². The first-order valence-corrected chi connectivity index (χ1v) is 14.8. The Morgan fingerprint density at radius 1 is 1.20 bits per heavy atom. The number of hydrogen-bond donors (Lipinski definition) is 1. The summed E-state index contributed by atoms with van der Waals surface area (Å²) in [5.41, 5.74) is 2.64. The number of fused-ring (bicyclic) bond motifs is 1. The second-order valence-electron chi connectivity index (χ2n) is 9.13. The number of rotatable bonds is 9. The highest BCUT2D eigenvalue weighted by atomic mass is 32.2. The monoisotopic (exact) mass is 532 g/mol. The maximum Gasteiger partial charge on any atom is 0.341 e. The Labute approximate surface area is 218 Å². The van der Waals surface area contributed by atoms with Gasteiger partial charge in [-0.05, 0) is 71.4 Å². The van der Waals surface area contributed by atoms with Crippen LogP contribution < -0.4 is 5.32 Å². The van der Waals surface area contributed by atoms with Crippen LogP contribution in [-0.4, -0.2) is 38.5 Å². The van der Waals surface area contributed by atoms with E-state index in [0.29, 0.717) is 15.7 Å². The van der Waals surface area contributed by atoms with E-state index in [4.69, 9.17) is 4.74 Å². The molecule has 3 aromatic rings. The molecule has 1 N–H and O–H groups in total. The molecule has 7 nitrogen and oxygen atoms in total. The Morgan fingerprint density at radius 3 is 2.66 bits per heavy atom. The minimum atomic E-state index is -0.353. The molecule has 1 amide bonds.